The van der Waals surface area contributed by atoms with Gasteiger partial charge in [0.15, 0.2) is 0 Å². The lowest BCUT2D eigenvalue weighted by Crippen LogP contribution is -2.26. The molecule has 0 spiro atoms. The van der Waals surface area contributed by atoms with E-state index in [9.17, 15) is 4.79 Å². The van der Waals surface area contributed by atoms with Crippen LogP contribution in [0.4, 0.5) is 0 Å². The Balaban J connectivity index is 2.02. The molecule has 0 unspecified atom stereocenters. The average molecular weight is 281 g/mol. The van der Waals surface area contributed by atoms with E-state index in [1.165, 1.54) is 18.7 Å². The molecule has 0 aliphatic rings. The lowest BCUT2D eigenvalue weighted by atomic mass is 10.1. The van der Waals surface area contributed by atoms with Gasteiger partial charge in [-0.15, -0.1) is 0 Å². The highest BCUT2D eigenvalue weighted by molar-refractivity contribution is 5.93. The van der Waals surface area contributed by atoms with Crippen LogP contribution in [0.25, 0.3) is 0 Å². The predicted molar refractivity (Wildman–Crippen MR) is 78.2 cm³/mol. The molecule has 106 valence electrons. The number of aliphatic hydroxyl groups excluding tert-OH is 1. The van der Waals surface area contributed by atoms with Gasteiger partial charge in [0.25, 0.3) is 5.91 Å². The Bertz CT molecular complexity index is 657. The summed E-state index contributed by atoms with van der Waals surface area (Å²) in [6.07, 6.45) is 4.39. The van der Waals surface area contributed by atoms with E-state index in [-0.39, 0.29) is 12.5 Å². The van der Waals surface area contributed by atoms with Gasteiger partial charge in [0.2, 0.25) is 0 Å². The minimum Gasteiger partial charge on any atom is -0.384 e. The monoisotopic (exact) mass is 281 g/mol. The van der Waals surface area contributed by atoms with E-state index < -0.39 is 0 Å². The van der Waals surface area contributed by atoms with Crippen molar-refractivity contribution in [3.8, 4) is 11.8 Å². The Hall–Kier alpha value is -2.71. The minimum atomic E-state index is -0.155. The Morgan fingerprint density at radius 1 is 1.24 bits per heavy atom. The summed E-state index contributed by atoms with van der Waals surface area (Å²) < 4.78 is 0. The number of carbonyl (C=O) groups is 1. The minimum absolute atomic E-state index is 0.125. The Labute approximate surface area is 123 Å². The fourth-order valence-electron chi connectivity index (χ4n) is 1.81. The predicted octanol–water partition coefficient (Wildman–Crippen LogP) is 1.09. The molecule has 0 saturated heterocycles. The molecular weight excluding hydrogens is 266 g/mol. The van der Waals surface area contributed by atoms with E-state index in [0.717, 1.165) is 11.1 Å². The summed E-state index contributed by atoms with van der Waals surface area (Å²) in [5.41, 5.74) is 2.29. The zero-order chi connectivity index (χ0) is 15.1. The number of nitrogens with zero attached hydrogens (tertiary/aromatic N) is 3. The van der Waals surface area contributed by atoms with Crippen LogP contribution in [0.15, 0.2) is 43.0 Å². The van der Waals surface area contributed by atoms with Gasteiger partial charge in [0.05, 0.1) is 5.56 Å². The van der Waals surface area contributed by atoms with Crippen LogP contribution >= 0.6 is 0 Å². The quantitative estimate of drug-likeness (QED) is 0.855. The van der Waals surface area contributed by atoms with Crippen molar-refractivity contribution in [2.45, 2.75) is 6.54 Å². The third-order valence-corrected chi connectivity index (χ3v) is 2.84. The molecule has 1 heterocycles. The molecule has 5 heteroatoms. The van der Waals surface area contributed by atoms with Crippen LogP contribution in [-0.4, -0.2) is 39.5 Å². The van der Waals surface area contributed by atoms with Gasteiger partial charge in [-0.25, -0.2) is 9.97 Å². The zero-order valence-electron chi connectivity index (χ0n) is 11.7. The first kappa shape index (κ1) is 14.7. The van der Waals surface area contributed by atoms with Crippen molar-refractivity contribution in [3.05, 3.63) is 59.7 Å². The largest absolute Gasteiger partial charge is 0.384 e. The summed E-state index contributed by atoms with van der Waals surface area (Å²) in [6, 6.07) is 7.54. The summed E-state index contributed by atoms with van der Waals surface area (Å²) in [7, 11) is 1.73. The second-order valence-electron chi connectivity index (χ2n) is 4.45. The van der Waals surface area contributed by atoms with Gasteiger partial charge in [-0.05, 0) is 17.7 Å². The van der Waals surface area contributed by atoms with Crippen molar-refractivity contribution in [2.75, 3.05) is 13.7 Å². The zero-order valence-corrected chi connectivity index (χ0v) is 11.7. The van der Waals surface area contributed by atoms with Crippen molar-refractivity contribution in [1.29, 1.82) is 0 Å². The number of aromatic nitrogens is 2. The summed E-state index contributed by atoms with van der Waals surface area (Å²) in [5, 5.41) is 8.64. The lowest BCUT2D eigenvalue weighted by molar-refractivity contribution is 0.0784. The molecule has 0 radical (unpaired) electrons. The first-order chi connectivity index (χ1) is 10.2. The molecule has 0 fully saturated rings. The van der Waals surface area contributed by atoms with Crippen LogP contribution in [-0.2, 0) is 6.54 Å². The normalized spacial score (nSPS) is 9.62. The van der Waals surface area contributed by atoms with Gasteiger partial charge in [-0.2, -0.15) is 0 Å². The van der Waals surface area contributed by atoms with Crippen molar-refractivity contribution >= 4 is 5.91 Å². The van der Waals surface area contributed by atoms with Crippen molar-refractivity contribution in [3.63, 3.8) is 0 Å². The summed E-state index contributed by atoms with van der Waals surface area (Å²) in [4.78, 5) is 21.4. The second kappa shape index (κ2) is 7.17. The second-order valence-corrected chi connectivity index (χ2v) is 4.45. The molecule has 1 aromatic heterocycles. The van der Waals surface area contributed by atoms with Crippen LogP contribution in [0.2, 0.25) is 0 Å². The number of benzene rings is 1. The molecule has 0 aliphatic heterocycles. The topological polar surface area (TPSA) is 66.3 Å². The maximum atomic E-state index is 12.2. The van der Waals surface area contributed by atoms with E-state index in [0.29, 0.717) is 12.1 Å². The van der Waals surface area contributed by atoms with Gasteiger partial charge in [-0.3, -0.25) is 4.79 Å². The maximum absolute atomic E-state index is 12.2. The molecule has 5 nitrogen and oxygen atoms in total. The standard InChI is InChI=1S/C16H15N3O2/c1-19(16(21)15-9-17-12-18-10-15)11-14-6-4-13(5-7-14)3-2-8-20/h4-7,9-10,12,20H,8,11H2,1H3. The Kier molecular flexibility index (Phi) is 5.02. The molecule has 1 aromatic carbocycles. The molecule has 1 amide bonds. The third-order valence-electron chi connectivity index (χ3n) is 2.84. The van der Waals surface area contributed by atoms with E-state index in [2.05, 4.69) is 21.8 Å². The van der Waals surface area contributed by atoms with E-state index >= 15 is 0 Å². The maximum Gasteiger partial charge on any atom is 0.257 e. The molecule has 21 heavy (non-hydrogen) atoms. The van der Waals surface area contributed by atoms with Crippen LogP contribution in [0.3, 0.4) is 0 Å². The van der Waals surface area contributed by atoms with Crippen LogP contribution in [0, 0.1) is 11.8 Å². The van der Waals surface area contributed by atoms with Gasteiger partial charge >= 0.3 is 0 Å². The molecular formula is C16H15N3O2. The third kappa shape index (κ3) is 4.13. The molecule has 0 saturated carbocycles. The molecule has 0 bridgehead atoms. The van der Waals surface area contributed by atoms with Crippen molar-refractivity contribution < 1.29 is 9.90 Å². The number of rotatable bonds is 3. The smallest absolute Gasteiger partial charge is 0.257 e. The number of hydrogen-bond acceptors (Lipinski definition) is 4. The molecule has 2 aromatic rings. The van der Waals surface area contributed by atoms with E-state index in [1.807, 2.05) is 24.3 Å². The van der Waals surface area contributed by atoms with Gasteiger partial charge < -0.3 is 10.0 Å². The number of amides is 1. The average Bonchev–Trinajstić information content (AvgIpc) is 2.54. The Morgan fingerprint density at radius 3 is 2.52 bits per heavy atom. The highest BCUT2D eigenvalue weighted by Gasteiger charge is 2.12. The first-order valence-electron chi connectivity index (χ1n) is 6.40. The summed E-state index contributed by atoms with van der Waals surface area (Å²) in [6.45, 7) is 0.333. The van der Waals surface area contributed by atoms with Gasteiger partial charge in [-0.1, -0.05) is 24.0 Å². The lowest BCUT2D eigenvalue weighted by Gasteiger charge is -2.16. The molecule has 0 aliphatic carbocycles. The van der Waals surface area contributed by atoms with Crippen LogP contribution in [0.1, 0.15) is 21.5 Å². The number of carbonyl (C=O) groups excluding carboxylic acids is 1. The molecule has 1 N–H and O–H groups in total. The number of hydrogen-bond donors (Lipinski definition) is 1. The molecule has 2 rings (SSSR count). The van der Waals surface area contributed by atoms with Crippen LogP contribution < -0.4 is 0 Å². The fourth-order valence-corrected chi connectivity index (χ4v) is 1.81. The SMILES string of the molecule is CN(Cc1ccc(C#CCO)cc1)C(=O)c1cncnc1. The van der Waals surface area contributed by atoms with Gasteiger partial charge in [0.1, 0.15) is 12.9 Å². The Morgan fingerprint density at radius 2 is 1.90 bits per heavy atom. The summed E-state index contributed by atoms with van der Waals surface area (Å²) >= 11 is 0. The first-order valence-corrected chi connectivity index (χ1v) is 6.40. The highest BCUT2D eigenvalue weighted by atomic mass is 16.2. The van der Waals surface area contributed by atoms with E-state index in [1.54, 1.807) is 11.9 Å². The van der Waals surface area contributed by atoms with E-state index in [4.69, 9.17) is 5.11 Å². The highest BCUT2D eigenvalue weighted by Crippen LogP contribution is 2.08. The fraction of sp³-hybridized carbons (Fsp3) is 0.188. The summed E-state index contributed by atoms with van der Waals surface area (Å²) in [5.74, 6) is 5.29. The van der Waals surface area contributed by atoms with Crippen molar-refractivity contribution in [1.82, 2.24) is 14.9 Å². The van der Waals surface area contributed by atoms with Crippen LogP contribution in [0.5, 0.6) is 0 Å². The molecule has 0 atom stereocenters. The van der Waals surface area contributed by atoms with Gasteiger partial charge in [0, 0.05) is 31.5 Å². The van der Waals surface area contributed by atoms with Crippen molar-refractivity contribution in [2.24, 2.45) is 0 Å². The number of aliphatic hydroxyl groups is 1.